The second kappa shape index (κ2) is 7.91. The van der Waals surface area contributed by atoms with E-state index in [1.807, 2.05) is 13.0 Å². The molecule has 0 aliphatic carbocycles. The summed E-state index contributed by atoms with van der Waals surface area (Å²) in [4.78, 5) is 24.7. The summed E-state index contributed by atoms with van der Waals surface area (Å²) in [5.41, 5.74) is 2.95. The number of carbonyl (C=O) groups is 2. The van der Waals surface area contributed by atoms with Crippen LogP contribution in [0.25, 0.3) is 16.7 Å². The van der Waals surface area contributed by atoms with Gasteiger partial charge in [0, 0.05) is 5.57 Å². The third kappa shape index (κ3) is 4.17. The van der Waals surface area contributed by atoms with Gasteiger partial charge in [-0.3, -0.25) is 0 Å². The van der Waals surface area contributed by atoms with Crippen LogP contribution in [0.2, 0.25) is 0 Å². The molecule has 0 atom stereocenters. The third-order valence-corrected chi connectivity index (χ3v) is 3.86. The monoisotopic (exact) mass is 381 g/mol. The molecule has 0 saturated heterocycles. The fourth-order valence-electron chi connectivity index (χ4n) is 2.43. The summed E-state index contributed by atoms with van der Waals surface area (Å²) >= 11 is 0. The van der Waals surface area contributed by atoms with E-state index in [4.69, 9.17) is 9.47 Å². The third-order valence-electron chi connectivity index (χ3n) is 3.86. The minimum absolute atomic E-state index is 0.0530. The van der Waals surface area contributed by atoms with Crippen LogP contribution < -0.4 is 0 Å². The van der Waals surface area contributed by atoms with E-state index in [0.29, 0.717) is 22.3 Å². The van der Waals surface area contributed by atoms with Crippen LogP contribution >= 0.6 is 0 Å². The lowest BCUT2D eigenvalue weighted by Crippen LogP contribution is -2.14. The maximum Gasteiger partial charge on any atom is 0.338 e. The largest absolute Gasteiger partial charge is 0.506 e. The van der Waals surface area contributed by atoms with Crippen LogP contribution in [0.15, 0.2) is 48.6 Å². The lowest BCUT2D eigenvalue weighted by atomic mass is 10.2. The van der Waals surface area contributed by atoms with Crippen molar-refractivity contribution in [3.63, 3.8) is 0 Å². The molecule has 0 unspecified atom stereocenters. The highest BCUT2D eigenvalue weighted by molar-refractivity contribution is 5.93. The highest BCUT2D eigenvalue weighted by Crippen LogP contribution is 2.23. The van der Waals surface area contributed by atoms with E-state index in [1.54, 1.807) is 30.3 Å². The number of nitrogens with zero attached hydrogens (tertiary/aromatic N) is 3. The molecular weight excluding hydrogens is 362 g/mol. The van der Waals surface area contributed by atoms with Crippen molar-refractivity contribution in [2.24, 2.45) is 0 Å². The van der Waals surface area contributed by atoms with E-state index in [9.17, 15) is 14.7 Å². The molecule has 144 valence electrons. The predicted octanol–water partition coefficient (Wildman–Crippen LogP) is 2.71. The quantitative estimate of drug-likeness (QED) is 0.398. The average Bonchev–Trinajstić information content (AvgIpc) is 3.07. The number of fused-ring (bicyclic) bond motifs is 1. The summed E-state index contributed by atoms with van der Waals surface area (Å²) < 4.78 is 9.96. The number of aryl methyl sites for hydroxylation is 1. The first kappa shape index (κ1) is 19.1. The first-order chi connectivity index (χ1) is 13.3. The van der Waals surface area contributed by atoms with Gasteiger partial charge in [0.1, 0.15) is 35.7 Å². The van der Waals surface area contributed by atoms with Gasteiger partial charge in [-0.2, -0.15) is 0 Å². The molecule has 3 rings (SSSR count). The van der Waals surface area contributed by atoms with Crippen LogP contribution in [-0.4, -0.2) is 45.3 Å². The molecule has 0 aliphatic heterocycles. The van der Waals surface area contributed by atoms with Crippen molar-refractivity contribution < 1.29 is 24.2 Å². The van der Waals surface area contributed by atoms with Crippen LogP contribution in [0.1, 0.15) is 22.8 Å². The molecule has 0 spiro atoms. The Balaban J connectivity index is 1.71. The van der Waals surface area contributed by atoms with Crippen LogP contribution in [-0.2, 0) is 14.3 Å². The van der Waals surface area contributed by atoms with Gasteiger partial charge >= 0.3 is 11.9 Å². The molecular formula is C20H19N3O5. The van der Waals surface area contributed by atoms with Gasteiger partial charge in [0.15, 0.2) is 0 Å². The predicted molar refractivity (Wildman–Crippen MR) is 101 cm³/mol. The van der Waals surface area contributed by atoms with Gasteiger partial charge in [-0.05, 0) is 49.7 Å². The Kier molecular flexibility index (Phi) is 5.39. The van der Waals surface area contributed by atoms with Crippen molar-refractivity contribution >= 4 is 23.0 Å². The Morgan fingerprint density at radius 2 is 1.79 bits per heavy atom. The zero-order chi connectivity index (χ0) is 20.3. The molecule has 0 saturated carbocycles. The maximum atomic E-state index is 12.2. The Morgan fingerprint density at radius 1 is 1.07 bits per heavy atom. The fraction of sp³-hybridized carbons (Fsp3) is 0.200. The van der Waals surface area contributed by atoms with E-state index in [2.05, 4.69) is 16.8 Å². The number of hydrogen-bond acceptors (Lipinski definition) is 7. The van der Waals surface area contributed by atoms with Gasteiger partial charge in [-0.25, -0.2) is 9.59 Å². The number of benzene rings is 2. The normalized spacial score (nSPS) is 10.6. The van der Waals surface area contributed by atoms with Gasteiger partial charge in [-0.1, -0.05) is 12.6 Å². The molecule has 0 radical (unpaired) electrons. The zero-order valence-corrected chi connectivity index (χ0v) is 15.5. The Bertz CT molecular complexity index is 1070. The number of rotatable bonds is 6. The molecule has 8 heteroatoms. The van der Waals surface area contributed by atoms with E-state index >= 15 is 0 Å². The number of esters is 2. The van der Waals surface area contributed by atoms with E-state index in [-0.39, 0.29) is 24.5 Å². The molecule has 1 N–H and O–H groups in total. The topological polar surface area (TPSA) is 104 Å². The summed E-state index contributed by atoms with van der Waals surface area (Å²) in [5.74, 6) is -1.04. The smallest absolute Gasteiger partial charge is 0.338 e. The zero-order valence-electron chi connectivity index (χ0n) is 15.5. The van der Waals surface area contributed by atoms with Crippen molar-refractivity contribution in [3.8, 4) is 11.4 Å². The average molecular weight is 381 g/mol. The maximum absolute atomic E-state index is 12.2. The summed E-state index contributed by atoms with van der Waals surface area (Å²) in [5, 5.41) is 18.7. The number of aromatic hydroxyl groups is 1. The molecule has 0 aliphatic rings. The van der Waals surface area contributed by atoms with Crippen LogP contribution in [0.5, 0.6) is 5.75 Å². The van der Waals surface area contributed by atoms with Crippen LogP contribution in [0.3, 0.4) is 0 Å². The van der Waals surface area contributed by atoms with E-state index < -0.39 is 11.9 Å². The first-order valence-corrected chi connectivity index (χ1v) is 8.52. The second-order valence-electron chi connectivity index (χ2n) is 6.24. The van der Waals surface area contributed by atoms with Gasteiger partial charge < -0.3 is 14.6 Å². The van der Waals surface area contributed by atoms with Crippen molar-refractivity contribution in [2.45, 2.75) is 13.8 Å². The van der Waals surface area contributed by atoms with Gasteiger partial charge in [0.2, 0.25) is 0 Å². The van der Waals surface area contributed by atoms with E-state index in [1.165, 1.54) is 11.7 Å². The van der Waals surface area contributed by atoms with Gasteiger partial charge in [-0.15, -0.1) is 15.0 Å². The highest BCUT2D eigenvalue weighted by Gasteiger charge is 2.13. The molecule has 28 heavy (non-hydrogen) atoms. The number of aromatic nitrogens is 3. The Morgan fingerprint density at radius 3 is 2.50 bits per heavy atom. The number of phenols is 1. The minimum Gasteiger partial charge on any atom is -0.506 e. The summed E-state index contributed by atoms with van der Waals surface area (Å²) in [6.45, 7) is 6.75. The standard InChI is InChI=1S/C20H19N3O5/c1-12(2)19(25)27-8-9-28-20(26)14-5-6-15-16(11-14)22-23(21-15)17-7-4-13(3)10-18(17)24/h4-7,10-11,24H,1,8-9H2,2-3H3. The lowest BCUT2D eigenvalue weighted by Gasteiger charge is -2.06. The molecule has 3 aromatic rings. The Hall–Kier alpha value is -3.68. The summed E-state index contributed by atoms with van der Waals surface area (Å²) in [7, 11) is 0. The van der Waals surface area contributed by atoms with Gasteiger partial charge in [0.05, 0.1) is 5.56 Å². The molecule has 0 fully saturated rings. The fourth-order valence-corrected chi connectivity index (χ4v) is 2.43. The van der Waals surface area contributed by atoms with Crippen molar-refractivity contribution in [3.05, 3.63) is 59.7 Å². The van der Waals surface area contributed by atoms with E-state index in [0.717, 1.165) is 5.56 Å². The van der Waals surface area contributed by atoms with Crippen molar-refractivity contribution in [1.82, 2.24) is 15.0 Å². The van der Waals surface area contributed by atoms with Gasteiger partial charge in [0.25, 0.3) is 0 Å². The summed E-state index contributed by atoms with van der Waals surface area (Å²) in [6, 6.07) is 9.93. The molecule has 1 aromatic heterocycles. The first-order valence-electron chi connectivity index (χ1n) is 8.52. The van der Waals surface area contributed by atoms with Crippen molar-refractivity contribution in [2.75, 3.05) is 13.2 Å². The van der Waals surface area contributed by atoms with Crippen molar-refractivity contribution in [1.29, 1.82) is 0 Å². The second-order valence-corrected chi connectivity index (χ2v) is 6.24. The molecule has 0 amide bonds. The minimum atomic E-state index is -0.569. The number of phenolic OH excluding ortho intramolecular Hbond substituents is 1. The molecule has 1 heterocycles. The SMILES string of the molecule is C=C(C)C(=O)OCCOC(=O)c1ccc2nn(-c3ccc(C)cc3O)nc2c1. The highest BCUT2D eigenvalue weighted by atomic mass is 16.6. The Labute approximate surface area is 161 Å². The molecule has 2 aromatic carbocycles. The molecule has 8 nitrogen and oxygen atoms in total. The number of ether oxygens (including phenoxy) is 2. The summed E-state index contributed by atoms with van der Waals surface area (Å²) in [6.07, 6.45) is 0. The number of carbonyl (C=O) groups excluding carboxylic acids is 2. The van der Waals surface area contributed by atoms with Crippen LogP contribution in [0.4, 0.5) is 0 Å². The van der Waals surface area contributed by atoms with Crippen LogP contribution in [0, 0.1) is 6.92 Å². The lowest BCUT2D eigenvalue weighted by molar-refractivity contribution is -0.140. The molecule has 0 bridgehead atoms. The number of hydrogen-bond donors (Lipinski definition) is 1.